The summed E-state index contributed by atoms with van der Waals surface area (Å²) in [5.41, 5.74) is 9.16. The van der Waals surface area contributed by atoms with E-state index in [0.717, 1.165) is 22.3 Å². The summed E-state index contributed by atoms with van der Waals surface area (Å²) in [5, 5.41) is 28.9. The summed E-state index contributed by atoms with van der Waals surface area (Å²) in [7, 11) is 1.50. The molecule has 2 aromatic rings. The minimum absolute atomic E-state index is 0.00482. The van der Waals surface area contributed by atoms with Crippen LogP contribution in [0, 0.1) is 0 Å². The predicted molar refractivity (Wildman–Crippen MR) is 108 cm³/mol. The lowest BCUT2D eigenvalue weighted by molar-refractivity contribution is -0.121. The number of ether oxygens (including phenoxy) is 1. The first-order valence-corrected chi connectivity index (χ1v) is 9.49. The monoisotopic (exact) mass is 387 g/mol. The largest absolute Gasteiger partial charge is 0.504 e. The molecule has 0 aromatic heterocycles. The van der Waals surface area contributed by atoms with Gasteiger partial charge in [-0.3, -0.25) is 4.79 Å². The van der Waals surface area contributed by atoms with E-state index in [1.165, 1.54) is 7.11 Å². The summed E-state index contributed by atoms with van der Waals surface area (Å²) in [6, 6.07) is 11.0. The average Bonchev–Trinajstić information content (AvgIpc) is 2.71. The third-order valence-corrected chi connectivity index (χ3v) is 4.74. The highest BCUT2D eigenvalue weighted by Gasteiger charge is 2.17. The van der Waals surface area contributed by atoms with E-state index < -0.39 is 6.10 Å². The number of carbonyl (C=O) groups is 1. The molecule has 0 radical (unpaired) electrons. The first kappa shape index (κ1) is 21.9. The van der Waals surface area contributed by atoms with Gasteiger partial charge in [0.15, 0.2) is 11.5 Å². The molecule has 5 N–H and O–H groups in total. The van der Waals surface area contributed by atoms with Crippen molar-refractivity contribution in [3.05, 3.63) is 47.5 Å². The van der Waals surface area contributed by atoms with E-state index in [2.05, 4.69) is 0 Å². The fourth-order valence-electron chi connectivity index (χ4n) is 3.22. The molecule has 0 heterocycles. The topological polar surface area (TPSA) is 113 Å². The van der Waals surface area contributed by atoms with E-state index in [9.17, 15) is 15.0 Å². The van der Waals surface area contributed by atoms with Crippen LogP contribution in [-0.4, -0.2) is 40.9 Å². The summed E-state index contributed by atoms with van der Waals surface area (Å²) < 4.78 is 5.42. The van der Waals surface area contributed by atoms with Crippen LogP contribution in [0.1, 0.15) is 36.8 Å². The molecule has 0 fully saturated rings. The van der Waals surface area contributed by atoms with Gasteiger partial charge in [-0.2, -0.15) is 0 Å². The highest BCUT2D eigenvalue weighted by Crippen LogP contribution is 2.40. The molecule has 0 amide bonds. The lowest BCUT2D eigenvalue weighted by atomic mass is 9.93. The first-order chi connectivity index (χ1) is 13.5. The number of aliphatic hydroxyl groups is 2. The zero-order valence-corrected chi connectivity index (χ0v) is 16.2. The van der Waals surface area contributed by atoms with Crippen molar-refractivity contribution >= 4 is 5.78 Å². The number of aliphatic hydroxyl groups excluding tert-OH is 2. The molecule has 0 aliphatic rings. The van der Waals surface area contributed by atoms with Crippen LogP contribution < -0.4 is 10.5 Å². The summed E-state index contributed by atoms with van der Waals surface area (Å²) in [5.74, 6) is 0.366. The van der Waals surface area contributed by atoms with Crippen LogP contribution in [0.2, 0.25) is 0 Å². The van der Waals surface area contributed by atoms with Crippen molar-refractivity contribution in [1.82, 2.24) is 0 Å². The summed E-state index contributed by atoms with van der Waals surface area (Å²) in [6.07, 6.45) is 0.988. The molecule has 152 valence electrons. The molecule has 0 saturated heterocycles. The van der Waals surface area contributed by atoms with Crippen molar-refractivity contribution in [2.24, 2.45) is 5.73 Å². The first-order valence-electron chi connectivity index (χ1n) is 9.49. The Hall–Kier alpha value is -2.41. The summed E-state index contributed by atoms with van der Waals surface area (Å²) >= 11 is 0. The van der Waals surface area contributed by atoms with Crippen LogP contribution in [-0.2, 0) is 17.8 Å². The normalized spacial score (nSPS) is 12.0. The highest BCUT2D eigenvalue weighted by molar-refractivity contribution is 5.81. The maximum Gasteiger partial charge on any atom is 0.168 e. The standard InChI is InChI=1S/C22H29NO5/c1-28-22-20(27)11-9-17(8-10-19(26)13-18(25)3-2-12-24)21(22)16-6-4-15(14-23)5-7-16/h4-7,9,11,18,24-25,27H,2-3,8,10,12-14,23H2,1H3/t18-/m1/s1. The molecule has 0 aliphatic carbocycles. The second kappa shape index (κ2) is 10.8. The van der Waals surface area contributed by atoms with Crippen LogP contribution >= 0.6 is 0 Å². The van der Waals surface area contributed by atoms with Gasteiger partial charge >= 0.3 is 0 Å². The molecule has 0 aliphatic heterocycles. The third kappa shape index (κ3) is 5.79. The van der Waals surface area contributed by atoms with Crippen molar-refractivity contribution in [3.63, 3.8) is 0 Å². The molecule has 2 rings (SSSR count). The van der Waals surface area contributed by atoms with E-state index >= 15 is 0 Å². The highest BCUT2D eigenvalue weighted by atomic mass is 16.5. The van der Waals surface area contributed by atoms with E-state index in [0.29, 0.717) is 31.6 Å². The number of nitrogens with two attached hydrogens (primary N) is 1. The molecule has 0 unspecified atom stereocenters. The number of aryl methyl sites for hydroxylation is 1. The van der Waals surface area contributed by atoms with Crippen molar-refractivity contribution in [1.29, 1.82) is 0 Å². The molecule has 1 atom stereocenters. The van der Waals surface area contributed by atoms with Gasteiger partial charge in [-0.05, 0) is 42.0 Å². The number of hydrogen-bond donors (Lipinski definition) is 4. The second-order valence-electron chi connectivity index (χ2n) is 6.82. The number of aromatic hydroxyl groups is 1. The number of methoxy groups -OCH3 is 1. The minimum atomic E-state index is -0.725. The molecule has 6 nitrogen and oxygen atoms in total. The lowest BCUT2D eigenvalue weighted by Gasteiger charge is -2.16. The van der Waals surface area contributed by atoms with Crippen LogP contribution in [0.5, 0.6) is 11.5 Å². The lowest BCUT2D eigenvalue weighted by Crippen LogP contribution is -2.14. The van der Waals surface area contributed by atoms with Crippen molar-refractivity contribution in [2.45, 2.75) is 44.8 Å². The number of ketones is 1. The van der Waals surface area contributed by atoms with Gasteiger partial charge in [0, 0.05) is 31.6 Å². The zero-order valence-electron chi connectivity index (χ0n) is 16.2. The molecule has 0 bridgehead atoms. The molecule has 0 saturated carbocycles. The molecule has 0 spiro atoms. The van der Waals surface area contributed by atoms with Gasteiger partial charge in [0.05, 0.1) is 13.2 Å². The van der Waals surface area contributed by atoms with Crippen LogP contribution in [0.4, 0.5) is 0 Å². The number of carbonyl (C=O) groups excluding carboxylic acids is 1. The third-order valence-electron chi connectivity index (χ3n) is 4.74. The molecule has 2 aromatic carbocycles. The Morgan fingerprint density at radius 1 is 1.18 bits per heavy atom. The van der Waals surface area contributed by atoms with Crippen LogP contribution in [0.25, 0.3) is 11.1 Å². The van der Waals surface area contributed by atoms with E-state index in [4.69, 9.17) is 15.6 Å². The maximum absolute atomic E-state index is 12.2. The quantitative estimate of drug-likeness (QED) is 0.471. The number of benzene rings is 2. The Morgan fingerprint density at radius 2 is 1.89 bits per heavy atom. The fraction of sp³-hybridized carbons (Fsp3) is 0.409. The van der Waals surface area contributed by atoms with E-state index in [-0.39, 0.29) is 31.0 Å². The van der Waals surface area contributed by atoms with Gasteiger partial charge < -0.3 is 25.8 Å². The number of Topliss-reactive ketones (excluding diaryl/α,β-unsaturated/α-hetero) is 1. The van der Waals surface area contributed by atoms with E-state index in [1.54, 1.807) is 12.1 Å². The summed E-state index contributed by atoms with van der Waals surface area (Å²) in [6.45, 7) is 0.447. The van der Waals surface area contributed by atoms with Gasteiger partial charge in [0.25, 0.3) is 0 Å². The van der Waals surface area contributed by atoms with Crippen molar-refractivity contribution in [3.8, 4) is 22.6 Å². The summed E-state index contributed by atoms with van der Waals surface area (Å²) in [4.78, 5) is 12.2. The molecular weight excluding hydrogens is 358 g/mol. The Balaban J connectivity index is 2.20. The Morgan fingerprint density at radius 3 is 2.50 bits per heavy atom. The van der Waals surface area contributed by atoms with Crippen molar-refractivity contribution in [2.75, 3.05) is 13.7 Å². The van der Waals surface area contributed by atoms with Gasteiger partial charge in [-0.1, -0.05) is 30.3 Å². The number of phenolic OH excluding ortho intramolecular Hbond substituents is 1. The van der Waals surface area contributed by atoms with Gasteiger partial charge in [0.1, 0.15) is 5.78 Å². The molecule has 28 heavy (non-hydrogen) atoms. The number of rotatable bonds is 11. The van der Waals surface area contributed by atoms with Gasteiger partial charge in [-0.15, -0.1) is 0 Å². The average molecular weight is 387 g/mol. The fourth-order valence-corrected chi connectivity index (χ4v) is 3.22. The van der Waals surface area contributed by atoms with Gasteiger partial charge in [-0.25, -0.2) is 0 Å². The molecular formula is C22H29NO5. The zero-order chi connectivity index (χ0) is 20.5. The maximum atomic E-state index is 12.2. The molecule has 6 heteroatoms. The van der Waals surface area contributed by atoms with Crippen molar-refractivity contribution < 1.29 is 24.9 Å². The Labute approximate surface area is 165 Å². The number of phenols is 1. The predicted octanol–water partition coefficient (Wildman–Crippen LogP) is 2.55. The Bertz CT molecular complexity index is 773. The minimum Gasteiger partial charge on any atom is -0.504 e. The SMILES string of the molecule is COc1c(O)ccc(CCC(=O)C[C@H](O)CCCO)c1-c1ccc(CN)cc1. The van der Waals surface area contributed by atoms with Gasteiger partial charge in [0.2, 0.25) is 0 Å². The Kier molecular flexibility index (Phi) is 8.44. The van der Waals surface area contributed by atoms with E-state index in [1.807, 2.05) is 24.3 Å². The second-order valence-corrected chi connectivity index (χ2v) is 6.82. The smallest absolute Gasteiger partial charge is 0.168 e. The van der Waals surface area contributed by atoms with Crippen LogP contribution in [0.15, 0.2) is 36.4 Å². The number of hydrogen-bond acceptors (Lipinski definition) is 6. The van der Waals surface area contributed by atoms with Crippen LogP contribution in [0.3, 0.4) is 0 Å².